The van der Waals surface area contributed by atoms with Crippen molar-refractivity contribution in [3.05, 3.63) is 40.9 Å². The number of ether oxygens (including phenoxy) is 1. The number of benzene rings is 1. The van der Waals surface area contributed by atoms with Gasteiger partial charge in [0, 0.05) is 12.1 Å². The van der Waals surface area contributed by atoms with E-state index in [-0.39, 0.29) is 5.69 Å². The quantitative estimate of drug-likeness (QED) is 0.565. The van der Waals surface area contributed by atoms with Gasteiger partial charge in [-0.2, -0.15) is 10.1 Å². The van der Waals surface area contributed by atoms with Gasteiger partial charge >= 0.3 is 5.69 Å². The van der Waals surface area contributed by atoms with Crippen LogP contribution in [0, 0.1) is 0 Å². The maximum Gasteiger partial charge on any atom is 0.364 e. The van der Waals surface area contributed by atoms with Crippen molar-refractivity contribution in [2.24, 2.45) is 0 Å². The van der Waals surface area contributed by atoms with Crippen LogP contribution < -0.4 is 10.4 Å². The normalized spacial score (nSPS) is 10.8. The molecule has 1 aromatic carbocycles. The topological polar surface area (TPSA) is 57.0 Å². The summed E-state index contributed by atoms with van der Waals surface area (Å²) in [5, 5.41) is 4.27. The van der Waals surface area contributed by atoms with Gasteiger partial charge in [-0.05, 0) is 30.7 Å². The predicted octanol–water partition coefficient (Wildman–Crippen LogP) is 4.45. The highest BCUT2D eigenvalue weighted by Gasteiger charge is 2.05. The summed E-state index contributed by atoms with van der Waals surface area (Å²) in [5.41, 5.74) is 1.18. The monoisotopic (exact) mass is 343 g/mol. The van der Waals surface area contributed by atoms with Gasteiger partial charge in [0.15, 0.2) is 0 Å². The first-order chi connectivity index (χ1) is 12.2. The minimum atomic E-state index is -0.281. The average Bonchev–Trinajstić information content (AvgIpc) is 2.65. The first-order valence-corrected chi connectivity index (χ1v) is 9.33. The van der Waals surface area contributed by atoms with E-state index in [9.17, 15) is 4.79 Å². The molecule has 1 aromatic heterocycles. The van der Waals surface area contributed by atoms with Crippen LogP contribution in [0.1, 0.15) is 58.3 Å². The second-order valence-corrected chi connectivity index (χ2v) is 6.35. The third kappa shape index (κ3) is 6.33. The maximum absolute atomic E-state index is 12.1. The Balaban J connectivity index is 1.80. The number of hydrogen-bond acceptors (Lipinski definition) is 4. The van der Waals surface area contributed by atoms with E-state index in [1.807, 2.05) is 24.3 Å². The maximum atomic E-state index is 12.1. The van der Waals surface area contributed by atoms with E-state index in [1.165, 1.54) is 43.2 Å². The lowest BCUT2D eigenvalue weighted by Gasteiger charge is -2.06. The Morgan fingerprint density at radius 3 is 2.20 bits per heavy atom. The van der Waals surface area contributed by atoms with Gasteiger partial charge in [-0.15, -0.1) is 0 Å². The molecule has 0 atom stereocenters. The molecule has 0 aliphatic carbocycles. The van der Waals surface area contributed by atoms with E-state index in [4.69, 9.17) is 4.74 Å². The summed E-state index contributed by atoms with van der Waals surface area (Å²) in [4.78, 5) is 16.3. The molecule has 1 heterocycles. The molecule has 0 saturated heterocycles. The molecule has 5 heteroatoms. The van der Waals surface area contributed by atoms with E-state index in [0.717, 1.165) is 24.2 Å². The van der Waals surface area contributed by atoms with E-state index in [2.05, 4.69) is 17.0 Å². The second-order valence-electron chi connectivity index (χ2n) is 6.35. The fraction of sp³-hybridized carbons (Fsp3) is 0.550. The van der Waals surface area contributed by atoms with Crippen LogP contribution in [0.25, 0.3) is 11.3 Å². The van der Waals surface area contributed by atoms with E-state index < -0.39 is 0 Å². The van der Waals surface area contributed by atoms with E-state index in [0.29, 0.717) is 12.2 Å². The third-order valence-electron chi connectivity index (χ3n) is 4.37. The molecule has 2 aromatic rings. The van der Waals surface area contributed by atoms with Gasteiger partial charge < -0.3 is 4.74 Å². The predicted molar refractivity (Wildman–Crippen MR) is 101 cm³/mol. The summed E-state index contributed by atoms with van der Waals surface area (Å²) in [6, 6.07) is 7.46. The van der Waals surface area contributed by atoms with Crippen molar-refractivity contribution in [2.45, 2.75) is 64.8 Å². The largest absolute Gasteiger partial charge is 0.497 e. The number of aromatic nitrogens is 3. The number of aryl methyl sites for hydroxylation is 1. The molecule has 136 valence electrons. The molecule has 25 heavy (non-hydrogen) atoms. The van der Waals surface area contributed by atoms with Crippen molar-refractivity contribution in [2.75, 3.05) is 7.11 Å². The molecule has 0 unspecified atom stereocenters. The van der Waals surface area contributed by atoms with Gasteiger partial charge in [0.25, 0.3) is 0 Å². The van der Waals surface area contributed by atoms with Crippen molar-refractivity contribution in [3.8, 4) is 17.0 Å². The number of hydrogen-bond donors (Lipinski definition) is 0. The van der Waals surface area contributed by atoms with Crippen LogP contribution >= 0.6 is 0 Å². The molecule has 0 aliphatic heterocycles. The van der Waals surface area contributed by atoms with Crippen molar-refractivity contribution >= 4 is 0 Å². The standard InChI is InChI=1S/C20H29N3O2/c1-3-4-5-6-7-8-9-10-15-23-20(24)22-19(16-21-23)17-11-13-18(25-2)14-12-17/h11-14,16H,3-10,15H2,1-2H3. The fourth-order valence-electron chi connectivity index (χ4n) is 2.81. The Kier molecular flexibility index (Phi) is 8.16. The summed E-state index contributed by atoms with van der Waals surface area (Å²) in [6.07, 6.45) is 11.6. The molecular formula is C20H29N3O2. The highest BCUT2D eigenvalue weighted by Crippen LogP contribution is 2.18. The minimum Gasteiger partial charge on any atom is -0.497 e. The Morgan fingerprint density at radius 2 is 1.60 bits per heavy atom. The molecule has 2 rings (SSSR count). The lowest BCUT2D eigenvalue weighted by molar-refractivity contribution is 0.415. The Hall–Kier alpha value is -2.17. The summed E-state index contributed by atoms with van der Waals surface area (Å²) >= 11 is 0. The molecule has 0 N–H and O–H groups in total. The first-order valence-electron chi connectivity index (χ1n) is 9.33. The lowest BCUT2D eigenvalue weighted by atomic mass is 10.1. The molecule has 0 saturated carbocycles. The van der Waals surface area contributed by atoms with Crippen LogP contribution in [0.2, 0.25) is 0 Å². The molecule has 5 nitrogen and oxygen atoms in total. The molecule has 0 spiro atoms. The van der Waals surface area contributed by atoms with Gasteiger partial charge in [-0.3, -0.25) is 0 Å². The summed E-state index contributed by atoms with van der Waals surface area (Å²) < 4.78 is 6.60. The third-order valence-corrected chi connectivity index (χ3v) is 4.37. The van der Waals surface area contributed by atoms with Crippen LogP contribution in [0.15, 0.2) is 35.3 Å². The smallest absolute Gasteiger partial charge is 0.364 e. The van der Waals surface area contributed by atoms with E-state index in [1.54, 1.807) is 13.3 Å². The van der Waals surface area contributed by atoms with Crippen LogP contribution in [0.4, 0.5) is 0 Å². The van der Waals surface area contributed by atoms with Gasteiger partial charge in [0.2, 0.25) is 0 Å². The van der Waals surface area contributed by atoms with Crippen molar-refractivity contribution in [1.82, 2.24) is 14.8 Å². The Labute approximate surface area is 150 Å². The Morgan fingerprint density at radius 1 is 0.960 bits per heavy atom. The summed E-state index contributed by atoms with van der Waals surface area (Å²) in [6.45, 7) is 2.88. The highest BCUT2D eigenvalue weighted by atomic mass is 16.5. The number of rotatable bonds is 11. The van der Waals surface area contributed by atoms with Gasteiger partial charge in [0.1, 0.15) is 5.75 Å². The van der Waals surface area contributed by atoms with E-state index >= 15 is 0 Å². The van der Waals surface area contributed by atoms with Crippen LogP contribution in [0.3, 0.4) is 0 Å². The minimum absolute atomic E-state index is 0.281. The number of unbranched alkanes of at least 4 members (excludes halogenated alkanes) is 7. The second kappa shape index (κ2) is 10.6. The zero-order valence-corrected chi connectivity index (χ0v) is 15.4. The molecule has 0 amide bonds. The van der Waals surface area contributed by atoms with Crippen molar-refractivity contribution in [3.63, 3.8) is 0 Å². The van der Waals surface area contributed by atoms with Crippen LogP contribution in [-0.4, -0.2) is 21.9 Å². The summed E-state index contributed by atoms with van der Waals surface area (Å²) in [5.74, 6) is 0.778. The lowest BCUT2D eigenvalue weighted by Crippen LogP contribution is -2.25. The molecule has 0 fully saturated rings. The molecule has 0 radical (unpaired) electrons. The van der Waals surface area contributed by atoms with Crippen LogP contribution in [-0.2, 0) is 6.54 Å². The zero-order valence-electron chi connectivity index (χ0n) is 15.4. The molecule has 0 bridgehead atoms. The average molecular weight is 343 g/mol. The molecular weight excluding hydrogens is 314 g/mol. The highest BCUT2D eigenvalue weighted by molar-refractivity contribution is 5.58. The summed E-state index contributed by atoms with van der Waals surface area (Å²) in [7, 11) is 1.63. The van der Waals surface area contributed by atoms with Crippen molar-refractivity contribution < 1.29 is 4.74 Å². The van der Waals surface area contributed by atoms with Gasteiger partial charge in [0.05, 0.1) is 19.0 Å². The zero-order chi connectivity index (χ0) is 17.9. The van der Waals surface area contributed by atoms with Crippen molar-refractivity contribution in [1.29, 1.82) is 0 Å². The Bertz CT molecular complexity index is 680. The van der Waals surface area contributed by atoms with Gasteiger partial charge in [-0.1, -0.05) is 51.9 Å². The molecule has 0 aliphatic rings. The number of nitrogens with zero attached hydrogens (tertiary/aromatic N) is 3. The SMILES string of the molecule is CCCCCCCCCCn1ncc(-c2ccc(OC)cc2)nc1=O. The van der Waals surface area contributed by atoms with Gasteiger partial charge in [-0.25, -0.2) is 9.48 Å². The van der Waals surface area contributed by atoms with Crippen LogP contribution in [0.5, 0.6) is 5.75 Å². The first kappa shape index (κ1) is 19.2. The fourth-order valence-corrected chi connectivity index (χ4v) is 2.81. The number of methoxy groups -OCH3 is 1.